The minimum atomic E-state index is 0.0968. The van der Waals surface area contributed by atoms with E-state index in [2.05, 4.69) is 26.5 Å². The monoisotopic (exact) mass is 428 g/mol. The molecule has 0 bridgehead atoms. The van der Waals surface area contributed by atoms with Gasteiger partial charge >= 0.3 is 0 Å². The lowest BCUT2D eigenvalue weighted by atomic mass is 10.0. The molecule has 1 fully saturated rings. The molecule has 1 aliphatic heterocycles. The summed E-state index contributed by atoms with van der Waals surface area (Å²) < 4.78 is 7.24. The van der Waals surface area contributed by atoms with Crippen molar-refractivity contribution >= 4 is 5.91 Å². The number of aromatic nitrogens is 5. The number of aryl methyl sites for hydroxylation is 2. The van der Waals surface area contributed by atoms with Gasteiger partial charge in [0.2, 0.25) is 5.82 Å². The molecule has 1 amide bonds. The van der Waals surface area contributed by atoms with E-state index in [9.17, 15) is 4.79 Å². The Labute approximate surface area is 185 Å². The molecule has 162 valence electrons. The maximum atomic E-state index is 12.9. The molecule has 2 aromatic carbocycles. The zero-order chi connectivity index (χ0) is 22.1. The highest BCUT2D eigenvalue weighted by Crippen LogP contribution is 2.26. The first-order valence-electron chi connectivity index (χ1n) is 10.8. The van der Waals surface area contributed by atoms with E-state index >= 15 is 0 Å². The van der Waals surface area contributed by atoms with Gasteiger partial charge in [0, 0.05) is 24.2 Å². The second-order valence-electron chi connectivity index (χ2n) is 8.21. The lowest BCUT2D eigenvalue weighted by Crippen LogP contribution is -2.39. The summed E-state index contributed by atoms with van der Waals surface area (Å²) in [5.74, 6) is 0.963. The predicted octanol–water partition coefficient (Wildman–Crippen LogP) is 4.09. The molecular formula is C24H24N6O2. The molecule has 4 aromatic rings. The van der Waals surface area contributed by atoms with Crippen molar-refractivity contribution in [2.45, 2.75) is 32.7 Å². The third kappa shape index (κ3) is 3.91. The molecule has 1 saturated heterocycles. The first-order chi connectivity index (χ1) is 15.6. The van der Waals surface area contributed by atoms with Crippen LogP contribution >= 0.6 is 0 Å². The number of amides is 1. The molecule has 0 unspecified atom stereocenters. The van der Waals surface area contributed by atoms with E-state index in [4.69, 9.17) is 4.52 Å². The third-order valence-corrected chi connectivity index (χ3v) is 5.93. The molecular weight excluding hydrogens is 404 g/mol. The van der Waals surface area contributed by atoms with Gasteiger partial charge in [0.25, 0.3) is 11.8 Å². The van der Waals surface area contributed by atoms with Crippen LogP contribution in [0.4, 0.5) is 0 Å². The summed E-state index contributed by atoms with van der Waals surface area (Å²) in [6.07, 6.45) is 3.48. The van der Waals surface area contributed by atoms with E-state index < -0.39 is 0 Å². The van der Waals surface area contributed by atoms with E-state index in [1.807, 2.05) is 72.1 Å². The van der Waals surface area contributed by atoms with Crippen LogP contribution in [-0.2, 0) is 0 Å². The minimum Gasteiger partial charge on any atom is -0.338 e. The number of piperidine rings is 1. The van der Waals surface area contributed by atoms with Crippen molar-refractivity contribution in [1.29, 1.82) is 0 Å². The first-order valence-corrected chi connectivity index (χ1v) is 10.8. The average Bonchev–Trinajstić information content (AvgIpc) is 3.50. The highest BCUT2D eigenvalue weighted by atomic mass is 16.5. The van der Waals surface area contributed by atoms with Crippen molar-refractivity contribution in [3.63, 3.8) is 0 Å². The Balaban J connectivity index is 1.24. The fraction of sp³-hybridized carbons (Fsp3) is 0.292. The summed E-state index contributed by atoms with van der Waals surface area (Å²) in [5, 5.41) is 12.6. The molecule has 0 atom stereocenters. The van der Waals surface area contributed by atoms with Crippen LogP contribution in [0.25, 0.3) is 23.0 Å². The molecule has 0 aliphatic carbocycles. The van der Waals surface area contributed by atoms with Gasteiger partial charge < -0.3 is 9.42 Å². The van der Waals surface area contributed by atoms with Crippen LogP contribution in [0.3, 0.4) is 0 Å². The van der Waals surface area contributed by atoms with Crippen molar-refractivity contribution in [2.24, 2.45) is 0 Å². The second kappa shape index (κ2) is 8.37. The average molecular weight is 428 g/mol. The van der Waals surface area contributed by atoms with E-state index in [0.717, 1.165) is 35.1 Å². The molecule has 0 radical (unpaired) electrons. The highest BCUT2D eigenvalue weighted by molar-refractivity contribution is 5.95. The number of hydrogen-bond acceptors (Lipinski definition) is 6. The Hall–Kier alpha value is -3.81. The molecule has 8 heteroatoms. The van der Waals surface area contributed by atoms with E-state index in [1.165, 1.54) is 0 Å². The van der Waals surface area contributed by atoms with E-state index in [-0.39, 0.29) is 11.9 Å². The summed E-state index contributed by atoms with van der Waals surface area (Å²) in [4.78, 5) is 19.3. The van der Waals surface area contributed by atoms with E-state index in [1.54, 1.807) is 0 Å². The number of nitrogens with zero attached hydrogens (tertiary/aromatic N) is 6. The fourth-order valence-corrected chi connectivity index (χ4v) is 4.14. The highest BCUT2D eigenvalue weighted by Gasteiger charge is 2.26. The van der Waals surface area contributed by atoms with Gasteiger partial charge in [-0.15, -0.1) is 5.10 Å². The maximum absolute atomic E-state index is 12.9. The SMILES string of the molecule is Cc1ccc(C(=O)N2CCC(n3cc(-c4nc(-c5ccccc5)no4)nn3)CC2)c(C)c1. The van der Waals surface area contributed by atoms with Gasteiger partial charge in [-0.2, -0.15) is 4.98 Å². The van der Waals surface area contributed by atoms with Crippen molar-refractivity contribution in [1.82, 2.24) is 30.0 Å². The fourth-order valence-electron chi connectivity index (χ4n) is 4.14. The zero-order valence-electron chi connectivity index (χ0n) is 18.1. The van der Waals surface area contributed by atoms with Crippen LogP contribution in [0.15, 0.2) is 59.3 Å². The van der Waals surface area contributed by atoms with Crippen molar-refractivity contribution in [3.8, 4) is 23.0 Å². The lowest BCUT2D eigenvalue weighted by molar-refractivity contribution is 0.0688. The number of rotatable bonds is 4. The van der Waals surface area contributed by atoms with Gasteiger partial charge in [0.15, 0.2) is 5.69 Å². The third-order valence-electron chi connectivity index (χ3n) is 5.93. The summed E-state index contributed by atoms with van der Waals surface area (Å²) in [5.41, 5.74) is 4.40. The van der Waals surface area contributed by atoms with Crippen molar-refractivity contribution in [2.75, 3.05) is 13.1 Å². The van der Waals surface area contributed by atoms with Crippen LogP contribution in [0.2, 0.25) is 0 Å². The number of carbonyl (C=O) groups excluding carboxylic acids is 1. The quantitative estimate of drug-likeness (QED) is 0.486. The smallest absolute Gasteiger partial charge is 0.280 e. The molecule has 3 heterocycles. The predicted molar refractivity (Wildman–Crippen MR) is 119 cm³/mol. The molecule has 0 N–H and O–H groups in total. The van der Waals surface area contributed by atoms with Gasteiger partial charge in [-0.1, -0.05) is 58.4 Å². The van der Waals surface area contributed by atoms with Crippen molar-refractivity contribution in [3.05, 3.63) is 71.4 Å². The summed E-state index contributed by atoms with van der Waals surface area (Å²) in [6, 6.07) is 15.8. The molecule has 1 aliphatic rings. The van der Waals surface area contributed by atoms with Gasteiger partial charge in [-0.05, 0) is 38.3 Å². The second-order valence-corrected chi connectivity index (χ2v) is 8.21. The summed E-state index contributed by atoms with van der Waals surface area (Å²) in [6.45, 7) is 5.40. The summed E-state index contributed by atoms with van der Waals surface area (Å²) >= 11 is 0. The van der Waals surface area contributed by atoms with Crippen LogP contribution < -0.4 is 0 Å². The molecule has 2 aromatic heterocycles. The number of benzene rings is 2. The molecule has 5 rings (SSSR count). The van der Waals surface area contributed by atoms with Crippen LogP contribution in [-0.4, -0.2) is 49.0 Å². The number of hydrogen-bond donors (Lipinski definition) is 0. The Morgan fingerprint density at radius 1 is 1.06 bits per heavy atom. The number of likely N-dealkylation sites (tertiary alicyclic amines) is 1. The maximum Gasteiger partial charge on any atom is 0.280 e. The normalized spacial score (nSPS) is 14.6. The van der Waals surface area contributed by atoms with Gasteiger partial charge in [0.1, 0.15) is 0 Å². The van der Waals surface area contributed by atoms with Gasteiger partial charge in [-0.25, -0.2) is 4.68 Å². The van der Waals surface area contributed by atoms with E-state index in [0.29, 0.717) is 30.5 Å². The Kier molecular flexibility index (Phi) is 5.26. The molecule has 0 spiro atoms. The first kappa shape index (κ1) is 20.1. The topological polar surface area (TPSA) is 89.9 Å². The standard InChI is InChI=1S/C24H24N6O2/c1-16-8-9-20(17(2)14-16)24(31)29-12-10-19(11-13-29)30-15-21(26-28-30)23-25-22(27-32-23)18-6-4-3-5-7-18/h3-9,14-15,19H,10-13H2,1-2H3. The minimum absolute atomic E-state index is 0.0968. The Bertz CT molecular complexity index is 1240. The molecule has 8 nitrogen and oxygen atoms in total. The molecule has 32 heavy (non-hydrogen) atoms. The molecule has 0 saturated carbocycles. The largest absolute Gasteiger partial charge is 0.338 e. The Morgan fingerprint density at radius 3 is 2.59 bits per heavy atom. The van der Waals surface area contributed by atoms with Crippen LogP contribution in [0, 0.1) is 13.8 Å². The summed E-state index contributed by atoms with van der Waals surface area (Å²) in [7, 11) is 0. The lowest BCUT2D eigenvalue weighted by Gasteiger charge is -2.32. The van der Waals surface area contributed by atoms with Crippen LogP contribution in [0.1, 0.15) is 40.4 Å². The number of carbonyl (C=O) groups is 1. The Morgan fingerprint density at radius 2 is 1.84 bits per heavy atom. The zero-order valence-corrected chi connectivity index (χ0v) is 18.1. The van der Waals surface area contributed by atoms with Crippen LogP contribution in [0.5, 0.6) is 0 Å². The van der Waals surface area contributed by atoms with Gasteiger partial charge in [-0.3, -0.25) is 4.79 Å². The van der Waals surface area contributed by atoms with Crippen molar-refractivity contribution < 1.29 is 9.32 Å². The van der Waals surface area contributed by atoms with Gasteiger partial charge in [0.05, 0.1) is 12.2 Å².